The molecule has 0 aliphatic carbocycles. The van der Waals surface area contributed by atoms with Crippen molar-refractivity contribution in [3.05, 3.63) is 42.0 Å². The topological polar surface area (TPSA) is 80.5 Å². The summed E-state index contributed by atoms with van der Waals surface area (Å²) in [5, 5.41) is 11.5. The number of furan rings is 1. The first-order valence-corrected chi connectivity index (χ1v) is 9.17. The molecule has 2 aliphatic rings. The average Bonchev–Trinajstić information content (AvgIpc) is 3.19. The Morgan fingerprint density at radius 2 is 2.23 bits per heavy atom. The van der Waals surface area contributed by atoms with Crippen molar-refractivity contribution >= 4 is 11.7 Å². The van der Waals surface area contributed by atoms with Gasteiger partial charge in [-0.25, -0.2) is 0 Å². The Labute approximate surface area is 152 Å². The van der Waals surface area contributed by atoms with Gasteiger partial charge in [0, 0.05) is 31.5 Å². The van der Waals surface area contributed by atoms with Crippen LogP contribution in [0.2, 0.25) is 0 Å². The van der Waals surface area contributed by atoms with Crippen LogP contribution < -0.4 is 10.2 Å². The number of carbonyl (C=O) groups is 1. The van der Waals surface area contributed by atoms with Crippen molar-refractivity contribution in [1.29, 1.82) is 0 Å². The summed E-state index contributed by atoms with van der Waals surface area (Å²) in [4.78, 5) is 15.0. The fourth-order valence-corrected chi connectivity index (χ4v) is 3.93. The molecular weight excluding hydrogens is 332 g/mol. The smallest absolute Gasteiger partial charge is 0.224 e. The van der Waals surface area contributed by atoms with Crippen molar-refractivity contribution in [3.8, 4) is 0 Å². The van der Waals surface area contributed by atoms with Crippen molar-refractivity contribution < 1.29 is 13.9 Å². The Bertz CT molecular complexity index is 732. The lowest BCUT2D eigenvalue weighted by atomic mass is 9.79. The minimum absolute atomic E-state index is 0.0510. The highest BCUT2D eigenvalue weighted by Gasteiger charge is 2.42. The largest absolute Gasteiger partial charge is 0.467 e. The van der Waals surface area contributed by atoms with E-state index in [4.69, 9.17) is 9.15 Å². The van der Waals surface area contributed by atoms with Crippen LogP contribution >= 0.6 is 0 Å². The molecule has 4 rings (SSSR count). The molecule has 3 atom stereocenters. The molecular formula is C19H24N4O3. The van der Waals surface area contributed by atoms with Gasteiger partial charge < -0.3 is 19.4 Å². The zero-order chi connectivity index (χ0) is 17.9. The first-order valence-electron chi connectivity index (χ1n) is 9.17. The predicted molar refractivity (Wildman–Crippen MR) is 95.5 cm³/mol. The number of anilines is 1. The molecule has 2 fully saturated rings. The molecule has 7 heteroatoms. The molecule has 0 bridgehead atoms. The Kier molecular flexibility index (Phi) is 4.88. The molecule has 0 aromatic carbocycles. The summed E-state index contributed by atoms with van der Waals surface area (Å²) < 4.78 is 11.3. The van der Waals surface area contributed by atoms with Crippen molar-refractivity contribution in [2.24, 2.45) is 11.8 Å². The van der Waals surface area contributed by atoms with Crippen LogP contribution in [0, 0.1) is 18.8 Å². The van der Waals surface area contributed by atoms with Crippen LogP contribution in [-0.2, 0) is 16.1 Å². The summed E-state index contributed by atoms with van der Waals surface area (Å²) >= 11 is 0. The van der Waals surface area contributed by atoms with E-state index in [1.165, 1.54) is 0 Å². The predicted octanol–water partition coefficient (Wildman–Crippen LogP) is 1.93. The van der Waals surface area contributed by atoms with Crippen molar-refractivity contribution in [1.82, 2.24) is 15.5 Å². The Hall–Kier alpha value is -2.41. The zero-order valence-electron chi connectivity index (χ0n) is 14.9. The molecule has 1 N–H and O–H groups in total. The second-order valence-electron chi connectivity index (χ2n) is 7.03. The fourth-order valence-electron chi connectivity index (χ4n) is 3.93. The van der Waals surface area contributed by atoms with E-state index in [9.17, 15) is 4.79 Å². The monoisotopic (exact) mass is 356 g/mol. The van der Waals surface area contributed by atoms with Crippen molar-refractivity contribution in [2.75, 3.05) is 24.6 Å². The third-order valence-corrected chi connectivity index (χ3v) is 5.33. The van der Waals surface area contributed by atoms with E-state index in [0.717, 1.165) is 43.2 Å². The van der Waals surface area contributed by atoms with Crippen LogP contribution in [0.25, 0.3) is 0 Å². The lowest BCUT2D eigenvalue weighted by Crippen LogP contribution is -2.53. The number of nitrogens with zero attached hydrogens (tertiary/aromatic N) is 3. The highest BCUT2D eigenvalue weighted by atomic mass is 16.5. The number of amides is 1. The van der Waals surface area contributed by atoms with Gasteiger partial charge in [-0.2, -0.15) is 5.10 Å². The lowest BCUT2D eigenvalue weighted by molar-refractivity contribution is -0.137. The molecule has 0 radical (unpaired) electrons. The average molecular weight is 356 g/mol. The molecule has 2 saturated heterocycles. The van der Waals surface area contributed by atoms with E-state index in [2.05, 4.69) is 20.4 Å². The van der Waals surface area contributed by atoms with Crippen LogP contribution in [0.15, 0.2) is 34.9 Å². The number of fused-ring (bicyclic) bond motifs is 1. The number of ether oxygens (including phenoxy) is 1. The summed E-state index contributed by atoms with van der Waals surface area (Å²) in [5.41, 5.74) is 0.903. The van der Waals surface area contributed by atoms with Crippen LogP contribution in [0.3, 0.4) is 0 Å². The Balaban J connectivity index is 1.43. The highest BCUT2D eigenvalue weighted by Crippen LogP contribution is 2.34. The first kappa shape index (κ1) is 17.0. The maximum atomic E-state index is 12.8. The van der Waals surface area contributed by atoms with Gasteiger partial charge in [0.1, 0.15) is 5.76 Å². The minimum atomic E-state index is -0.0510. The summed E-state index contributed by atoms with van der Waals surface area (Å²) in [7, 11) is 0. The van der Waals surface area contributed by atoms with Crippen LogP contribution in [0.1, 0.15) is 24.3 Å². The van der Waals surface area contributed by atoms with E-state index in [1.54, 1.807) is 6.26 Å². The molecule has 1 amide bonds. The lowest BCUT2D eigenvalue weighted by Gasteiger charge is -2.44. The second-order valence-corrected chi connectivity index (χ2v) is 7.03. The van der Waals surface area contributed by atoms with Crippen molar-refractivity contribution in [3.63, 3.8) is 0 Å². The number of aryl methyl sites for hydroxylation is 1. The molecule has 2 aromatic rings. The third kappa shape index (κ3) is 3.58. The fraction of sp³-hybridized carbons (Fsp3) is 0.526. The number of carbonyl (C=O) groups excluding carboxylic acids is 1. The number of piperidine rings is 1. The van der Waals surface area contributed by atoms with E-state index in [0.29, 0.717) is 13.2 Å². The molecule has 7 nitrogen and oxygen atoms in total. The van der Waals surface area contributed by atoms with Gasteiger partial charge in [-0.3, -0.25) is 4.79 Å². The minimum Gasteiger partial charge on any atom is -0.467 e. The number of hydrogen-bond donors (Lipinski definition) is 1. The van der Waals surface area contributed by atoms with E-state index in [-0.39, 0.29) is 23.8 Å². The zero-order valence-corrected chi connectivity index (χ0v) is 14.9. The molecule has 0 saturated carbocycles. The van der Waals surface area contributed by atoms with E-state index in [1.807, 2.05) is 31.2 Å². The normalized spacial score (nSPS) is 25.6. The SMILES string of the molecule is Cc1ccc(N2CC[C@@H]3OCC[C@H](C(=O)NCc4ccco4)[C@@H]3C2)nn1. The summed E-state index contributed by atoms with van der Waals surface area (Å²) in [6.07, 6.45) is 3.41. The van der Waals surface area contributed by atoms with E-state index >= 15 is 0 Å². The Morgan fingerprint density at radius 3 is 3.00 bits per heavy atom. The van der Waals surface area contributed by atoms with Gasteiger partial charge >= 0.3 is 0 Å². The third-order valence-electron chi connectivity index (χ3n) is 5.33. The maximum absolute atomic E-state index is 12.8. The molecule has 0 spiro atoms. The van der Waals surface area contributed by atoms with E-state index < -0.39 is 0 Å². The summed E-state index contributed by atoms with van der Waals surface area (Å²) in [6.45, 7) is 4.64. The molecule has 2 aromatic heterocycles. The van der Waals surface area contributed by atoms with Gasteiger partial charge in [0.2, 0.25) is 5.91 Å². The molecule has 138 valence electrons. The van der Waals surface area contributed by atoms with Gasteiger partial charge in [-0.15, -0.1) is 5.10 Å². The van der Waals surface area contributed by atoms with Crippen LogP contribution in [0.4, 0.5) is 5.82 Å². The van der Waals surface area contributed by atoms with Gasteiger partial charge in [0.25, 0.3) is 0 Å². The van der Waals surface area contributed by atoms with Crippen molar-refractivity contribution in [2.45, 2.75) is 32.4 Å². The van der Waals surface area contributed by atoms with Crippen LogP contribution in [-0.4, -0.2) is 41.9 Å². The number of nitrogens with one attached hydrogen (secondary N) is 1. The quantitative estimate of drug-likeness (QED) is 0.902. The van der Waals surface area contributed by atoms with Gasteiger partial charge in [-0.05, 0) is 44.0 Å². The van der Waals surface area contributed by atoms with Crippen LogP contribution in [0.5, 0.6) is 0 Å². The van der Waals surface area contributed by atoms with Gasteiger partial charge in [0.05, 0.1) is 24.6 Å². The molecule has 4 heterocycles. The second kappa shape index (κ2) is 7.45. The Morgan fingerprint density at radius 1 is 1.31 bits per heavy atom. The number of aromatic nitrogens is 2. The number of hydrogen-bond acceptors (Lipinski definition) is 6. The maximum Gasteiger partial charge on any atom is 0.224 e. The molecule has 2 aliphatic heterocycles. The highest BCUT2D eigenvalue weighted by molar-refractivity contribution is 5.79. The first-order chi connectivity index (χ1) is 12.7. The summed E-state index contributed by atoms with van der Waals surface area (Å²) in [5.74, 6) is 1.83. The molecule has 0 unspecified atom stereocenters. The number of rotatable bonds is 4. The van der Waals surface area contributed by atoms with Gasteiger partial charge in [0.15, 0.2) is 5.82 Å². The standard InChI is InChI=1S/C19H24N4O3/c1-13-4-5-18(22-21-13)23-8-6-17-16(12-23)15(7-10-26-17)19(24)20-11-14-3-2-9-25-14/h2-5,9,15-17H,6-8,10-12H2,1H3,(H,20,24)/t15-,16-,17-/m0/s1. The molecule has 26 heavy (non-hydrogen) atoms. The van der Waals surface area contributed by atoms with Gasteiger partial charge in [-0.1, -0.05) is 0 Å². The summed E-state index contributed by atoms with van der Waals surface area (Å²) in [6, 6.07) is 7.66.